The van der Waals surface area contributed by atoms with Crippen LogP contribution in [0, 0.1) is 0 Å². The van der Waals surface area contributed by atoms with E-state index >= 15 is 0 Å². The third-order valence-corrected chi connectivity index (χ3v) is 5.97. The number of ether oxygens (including phenoxy) is 4. The van der Waals surface area contributed by atoms with E-state index in [0.717, 1.165) is 87.9 Å². The van der Waals surface area contributed by atoms with Crippen molar-refractivity contribution in [3.63, 3.8) is 0 Å². The van der Waals surface area contributed by atoms with Gasteiger partial charge in [0.1, 0.15) is 39.3 Å². The number of morpholine rings is 2. The largest absolute Gasteiger partial charge is 0.673 e. The van der Waals surface area contributed by atoms with E-state index < -0.39 is 14.5 Å². The molecule has 0 atom stereocenters. The molecule has 0 spiro atoms. The Hall–Kier alpha value is -0.670. The molecule has 206 valence electrons. The first-order valence-electron chi connectivity index (χ1n) is 11.5. The molecule has 0 radical (unpaired) electrons. The minimum absolute atomic E-state index is 0.704. The normalized spacial score (nSPS) is 19.9. The fraction of sp³-hybridized carbons (Fsp3) is 1.00. The molecule has 2 saturated heterocycles. The van der Waals surface area contributed by atoms with Crippen LogP contribution >= 0.6 is 0 Å². The topological polar surface area (TPSA) is 36.9 Å². The van der Waals surface area contributed by atoms with Gasteiger partial charge in [-0.05, 0) is 13.8 Å². The van der Waals surface area contributed by atoms with E-state index in [-0.39, 0.29) is 0 Å². The van der Waals surface area contributed by atoms with Gasteiger partial charge in [0.15, 0.2) is 0 Å². The molecule has 2 fully saturated rings. The first-order valence-corrected chi connectivity index (χ1v) is 11.5. The Morgan fingerprint density at radius 2 is 0.824 bits per heavy atom. The van der Waals surface area contributed by atoms with Gasteiger partial charge in [-0.15, -0.1) is 0 Å². The molecule has 0 saturated carbocycles. The van der Waals surface area contributed by atoms with Crippen molar-refractivity contribution in [2.75, 3.05) is 105 Å². The van der Waals surface area contributed by atoms with Crippen LogP contribution in [0.2, 0.25) is 0 Å². The van der Waals surface area contributed by atoms with Crippen molar-refractivity contribution in [1.29, 1.82) is 0 Å². The molecule has 2 aliphatic rings. The molecule has 0 aromatic rings. The summed E-state index contributed by atoms with van der Waals surface area (Å²) in [6, 6.07) is 0. The average molecular weight is 520 g/mol. The van der Waals surface area contributed by atoms with E-state index in [4.69, 9.17) is 18.9 Å². The van der Waals surface area contributed by atoms with Crippen molar-refractivity contribution < 1.29 is 62.4 Å². The second-order valence-corrected chi connectivity index (χ2v) is 8.10. The molecule has 0 aliphatic carbocycles. The van der Waals surface area contributed by atoms with E-state index in [9.17, 15) is 34.5 Å². The summed E-state index contributed by atoms with van der Waals surface area (Å²) < 4.78 is 103. The number of halogens is 8. The molecule has 0 aromatic heterocycles. The fourth-order valence-electron chi connectivity index (χ4n) is 3.69. The maximum Gasteiger partial charge on any atom is 0.673 e. The lowest BCUT2D eigenvalue weighted by Gasteiger charge is -2.40. The van der Waals surface area contributed by atoms with Gasteiger partial charge in [0.25, 0.3) is 0 Å². The number of hydrogen-bond donors (Lipinski definition) is 0. The van der Waals surface area contributed by atoms with Crippen LogP contribution in [0.15, 0.2) is 0 Å². The molecular formula is C18H38B2F8N2O4. The minimum Gasteiger partial charge on any atom is -0.418 e. The maximum absolute atomic E-state index is 9.75. The van der Waals surface area contributed by atoms with Crippen LogP contribution in [0.5, 0.6) is 0 Å². The zero-order valence-electron chi connectivity index (χ0n) is 20.0. The van der Waals surface area contributed by atoms with Gasteiger partial charge < -0.3 is 62.4 Å². The SMILES string of the molecule is CC[N+]1(CCOCCOCC[N+]2(CC)CCOCC2)CCOCC1.F[B-](F)(F)F.F[B-](F)(F)F. The average Bonchev–Trinajstić information content (AvgIpc) is 2.74. The molecule has 0 bridgehead atoms. The van der Waals surface area contributed by atoms with Gasteiger partial charge in [0.05, 0.1) is 65.9 Å². The molecule has 34 heavy (non-hydrogen) atoms. The molecule has 0 unspecified atom stereocenters. The molecule has 6 nitrogen and oxygen atoms in total. The monoisotopic (exact) mass is 520 g/mol. The molecule has 16 heteroatoms. The lowest BCUT2D eigenvalue weighted by molar-refractivity contribution is -0.934. The van der Waals surface area contributed by atoms with Crippen LogP contribution in [0.25, 0.3) is 0 Å². The first kappa shape index (κ1) is 33.3. The van der Waals surface area contributed by atoms with Crippen molar-refractivity contribution in [3.8, 4) is 0 Å². The Labute approximate surface area is 196 Å². The Morgan fingerprint density at radius 1 is 0.559 bits per heavy atom. The summed E-state index contributed by atoms with van der Waals surface area (Å²) in [5.41, 5.74) is 0. The van der Waals surface area contributed by atoms with Crippen LogP contribution in [0.3, 0.4) is 0 Å². The number of likely N-dealkylation sites (N-methyl/N-ethyl adjacent to an activating group) is 2. The highest BCUT2D eigenvalue weighted by atomic mass is 19.5. The third kappa shape index (κ3) is 19.6. The number of quaternary nitrogens is 2. The van der Waals surface area contributed by atoms with Gasteiger partial charge in [-0.3, -0.25) is 0 Å². The Bertz CT molecular complexity index is 451. The van der Waals surface area contributed by atoms with Crippen molar-refractivity contribution in [3.05, 3.63) is 0 Å². The summed E-state index contributed by atoms with van der Waals surface area (Å²) in [4.78, 5) is 0. The lowest BCUT2D eigenvalue weighted by atomic mass is 10.3. The minimum atomic E-state index is -6.00. The zero-order chi connectivity index (χ0) is 26.1. The van der Waals surface area contributed by atoms with Crippen molar-refractivity contribution in [1.82, 2.24) is 0 Å². The van der Waals surface area contributed by atoms with Gasteiger partial charge in [0, 0.05) is 0 Å². The summed E-state index contributed by atoms with van der Waals surface area (Å²) in [5.74, 6) is 0. The quantitative estimate of drug-likeness (QED) is 0.181. The smallest absolute Gasteiger partial charge is 0.418 e. The molecular weight excluding hydrogens is 482 g/mol. The van der Waals surface area contributed by atoms with Crippen LogP contribution < -0.4 is 0 Å². The van der Waals surface area contributed by atoms with E-state index in [2.05, 4.69) is 13.8 Å². The van der Waals surface area contributed by atoms with Crippen LogP contribution in [-0.2, 0) is 18.9 Å². The van der Waals surface area contributed by atoms with Crippen LogP contribution in [-0.4, -0.2) is 129 Å². The molecule has 2 aliphatic heterocycles. The van der Waals surface area contributed by atoms with E-state index in [0.29, 0.717) is 13.2 Å². The second-order valence-electron chi connectivity index (χ2n) is 8.10. The van der Waals surface area contributed by atoms with E-state index in [1.165, 1.54) is 13.1 Å². The Kier molecular flexibility index (Phi) is 16.6. The summed E-state index contributed by atoms with van der Waals surface area (Å²) >= 11 is 0. The van der Waals surface area contributed by atoms with Crippen molar-refractivity contribution >= 4 is 14.5 Å². The second kappa shape index (κ2) is 16.9. The van der Waals surface area contributed by atoms with Crippen molar-refractivity contribution in [2.45, 2.75) is 13.8 Å². The Morgan fingerprint density at radius 3 is 1.06 bits per heavy atom. The molecule has 0 amide bonds. The van der Waals surface area contributed by atoms with Gasteiger partial charge in [-0.25, -0.2) is 0 Å². The highest BCUT2D eigenvalue weighted by Crippen LogP contribution is 2.12. The molecule has 2 heterocycles. The lowest BCUT2D eigenvalue weighted by Crippen LogP contribution is -2.56. The number of hydrogen-bond acceptors (Lipinski definition) is 4. The zero-order valence-corrected chi connectivity index (χ0v) is 20.0. The van der Waals surface area contributed by atoms with Crippen molar-refractivity contribution in [2.24, 2.45) is 0 Å². The van der Waals surface area contributed by atoms with Crippen LogP contribution in [0.1, 0.15) is 13.8 Å². The highest BCUT2D eigenvalue weighted by Gasteiger charge is 2.29. The van der Waals surface area contributed by atoms with Gasteiger partial charge >= 0.3 is 14.5 Å². The first-order chi connectivity index (χ1) is 15.7. The predicted molar refractivity (Wildman–Crippen MR) is 114 cm³/mol. The van der Waals surface area contributed by atoms with E-state index in [1.807, 2.05) is 0 Å². The van der Waals surface area contributed by atoms with Gasteiger partial charge in [0.2, 0.25) is 0 Å². The molecule has 0 aromatic carbocycles. The highest BCUT2D eigenvalue weighted by molar-refractivity contribution is 6.50. The summed E-state index contributed by atoms with van der Waals surface area (Å²) in [7, 11) is -12.0. The third-order valence-electron chi connectivity index (χ3n) is 5.97. The van der Waals surface area contributed by atoms with Gasteiger partial charge in [-0.2, -0.15) is 0 Å². The summed E-state index contributed by atoms with van der Waals surface area (Å²) in [5, 5.41) is 0. The van der Waals surface area contributed by atoms with E-state index in [1.54, 1.807) is 0 Å². The number of rotatable bonds is 11. The Balaban J connectivity index is 0.000000916. The predicted octanol–water partition coefficient (Wildman–Crippen LogP) is 3.35. The molecule has 2 rings (SSSR count). The van der Waals surface area contributed by atoms with Crippen LogP contribution in [0.4, 0.5) is 34.5 Å². The fourth-order valence-corrected chi connectivity index (χ4v) is 3.69. The molecule has 0 N–H and O–H groups in total. The standard InChI is InChI=1S/C18H38N2O4.2BF4/c1-3-19(5-11-21-12-6-19)9-15-23-17-18-24-16-10-20(4-2)7-13-22-14-8-20;2*2-1(3,4)5/h3-18H2,1-2H3;;/q+2;2*-1. The maximum atomic E-state index is 9.75. The summed E-state index contributed by atoms with van der Waals surface area (Å²) in [6.45, 7) is 20.2. The van der Waals surface area contributed by atoms with Gasteiger partial charge in [-0.1, -0.05) is 0 Å². The number of nitrogens with zero attached hydrogens (tertiary/aromatic N) is 2. The summed E-state index contributed by atoms with van der Waals surface area (Å²) in [6.07, 6.45) is 0.